The van der Waals surface area contributed by atoms with Crippen molar-refractivity contribution in [3.63, 3.8) is 0 Å². The van der Waals surface area contributed by atoms with E-state index in [-0.39, 0.29) is 78.1 Å². The summed E-state index contributed by atoms with van der Waals surface area (Å²) in [5.41, 5.74) is 3.04. The van der Waals surface area contributed by atoms with Crippen LogP contribution in [0.5, 0.6) is 0 Å². The second-order valence-corrected chi connectivity index (χ2v) is 6.39. The van der Waals surface area contributed by atoms with Gasteiger partial charge in [-0.05, 0) is 30.7 Å². The topological polar surface area (TPSA) is 46.9 Å². The first-order valence-corrected chi connectivity index (χ1v) is 12.8. The number of para-hydroxylation sites is 1. The Morgan fingerprint density at radius 2 is 1.27 bits per heavy atom. The van der Waals surface area contributed by atoms with E-state index in [0.29, 0.717) is 5.69 Å². The van der Waals surface area contributed by atoms with Crippen LogP contribution in [0.25, 0.3) is 16.9 Å². The molecule has 1 aromatic heterocycles. The van der Waals surface area contributed by atoms with Crippen LogP contribution in [0.1, 0.15) is 99.0 Å². The third-order valence-electron chi connectivity index (χ3n) is 4.60. The summed E-state index contributed by atoms with van der Waals surface area (Å²) in [7, 11) is 0. The van der Waals surface area contributed by atoms with Crippen molar-refractivity contribution in [1.82, 2.24) is 15.1 Å². The minimum atomic E-state index is -0.140. The second-order valence-electron chi connectivity index (χ2n) is 6.39. The van der Waals surface area contributed by atoms with Crippen LogP contribution in [0.4, 0.5) is 0 Å². The molecule has 2 aromatic carbocycles. The Bertz CT molecular complexity index is 808. The number of benzene rings is 2. The van der Waals surface area contributed by atoms with Crippen molar-refractivity contribution in [2.45, 2.75) is 94.5 Å². The van der Waals surface area contributed by atoms with Crippen LogP contribution in [-0.2, 0) is 51.3 Å². The van der Waals surface area contributed by atoms with E-state index in [9.17, 15) is 4.79 Å². The van der Waals surface area contributed by atoms with Crippen LogP contribution in [0.2, 0.25) is 0 Å². The molecule has 0 spiro atoms. The predicted octanol–water partition coefficient (Wildman–Crippen LogP) is 9.20. The van der Waals surface area contributed by atoms with Gasteiger partial charge < -0.3 is 17.5 Å². The normalized spacial score (nSPS) is 10.5. The maximum Gasteiger partial charge on any atom is 0.167 e. The fraction of sp³-hybridized carbons (Fsp3) is 0.452. The first-order valence-electron chi connectivity index (χ1n) is 12.8. The summed E-state index contributed by atoms with van der Waals surface area (Å²) in [6.45, 7) is 16.0. The quantitative estimate of drug-likeness (QED) is 0.295. The monoisotopic (exact) mass is 621 g/mol. The van der Waals surface area contributed by atoms with Crippen molar-refractivity contribution < 1.29 is 56.1 Å². The minimum Gasteiger partial charge on any atom is -0.400 e. The molecular weight excluding hydrogens is 570 g/mol. The molecule has 1 N–H and O–H groups in total. The van der Waals surface area contributed by atoms with Gasteiger partial charge in [-0.3, -0.25) is 4.68 Å². The molecule has 0 aliphatic heterocycles. The molecule has 1 heterocycles. The van der Waals surface area contributed by atoms with Crippen molar-refractivity contribution in [1.29, 1.82) is 0 Å². The predicted molar refractivity (Wildman–Crippen MR) is 156 cm³/mol. The molecule has 3 aromatic rings. The molecule has 6 heteroatoms. The summed E-state index contributed by atoms with van der Waals surface area (Å²) < 4.78 is 1.79. The second kappa shape index (κ2) is 29.4. The van der Waals surface area contributed by atoms with Gasteiger partial charge >= 0.3 is 0 Å². The summed E-state index contributed by atoms with van der Waals surface area (Å²) in [4.78, 5) is 12.6. The van der Waals surface area contributed by atoms with Crippen molar-refractivity contribution >= 4 is 5.91 Å². The number of hydrogen-bond acceptors (Lipinski definition) is 2. The molecular formula is C31H51N3OVY-2. The Morgan fingerprint density at radius 3 is 1.73 bits per heavy atom. The molecule has 0 unspecified atom stereocenters. The Morgan fingerprint density at radius 1 is 0.838 bits per heavy atom. The Balaban J connectivity index is -0.000000261. The molecule has 37 heavy (non-hydrogen) atoms. The summed E-state index contributed by atoms with van der Waals surface area (Å²) in [5.74, 6) is -0.140. The number of rotatable bonds is 4. The SMILES string of the molecule is C.CC.CC.CC.CC.O=C(NC1CCCC1)c1[c-]c(-c2ccccc2)n(-c2ccccc2)n1.[CH3-].[V].[Y]. The molecule has 2 radical (unpaired) electrons. The average molecular weight is 622 g/mol. The minimum absolute atomic E-state index is 0. The zero-order valence-electron chi connectivity index (χ0n) is 24.0. The maximum absolute atomic E-state index is 12.6. The van der Waals surface area contributed by atoms with E-state index in [1.807, 2.05) is 116 Å². The Labute approximate surface area is 266 Å². The molecule has 1 fully saturated rings. The zero-order chi connectivity index (χ0) is 25.1. The van der Waals surface area contributed by atoms with Crippen molar-refractivity contribution in [3.05, 3.63) is 79.9 Å². The summed E-state index contributed by atoms with van der Waals surface area (Å²) >= 11 is 0. The number of carbonyl (C=O) groups excluding carboxylic acids is 1. The van der Waals surface area contributed by atoms with Gasteiger partial charge in [0.05, 0.1) is 5.69 Å². The number of nitrogens with zero attached hydrogens (tertiary/aromatic N) is 2. The van der Waals surface area contributed by atoms with Gasteiger partial charge in [-0.1, -0.05) is 118 Å². The van der Waals surface area contributed by atoms with Gasteiger partial charge in [-0.25, -0.2) is 0 Å². The molecule has 1 aliphatic rings. The van der Waals surface area contributed by atoms with Gasteiger partial charge in [0.1, 0.15) is 0 Å². The van der Waals surface area contributed by atoms with E-state index < -0.39 is 0 Å². The largest absolute Gasteiger partial charge is 0.400 e. The van der Waals surface area contributed by atoms with Crippen LogP contribution in [-0.4, -0.2) is 21.7 Å². The van der Waals surface area contributed by atoms with E-state index in [1.54, 1.807) is 4.68 Å². The fourth-order valence-corrected chi connectivity index (χ4v) is 3.31. The fourth-order valence-electron chi connectivity index (χ4n) is 3.31. The number of hydrogen-bond donors (Lipinski definition) is 1. The Hall–Kier alpha value is -1.19. The molecule has 1 aliphatic carbocycles. The standard InChI is InChI=1S/C21H20N3O.4C2H6.CH4.CH3.V.Y/c25-21(22-17-11-7-8-12-17)19-15-20(16-9-3-1-4-10-16)24(23-19)18-13-5-2-6-14-18;4*1-2;;;;/h1-6,9-10,13-14,17H,7-8,11-12H2,(H,22,25);4*1-2H3;1H4;1H3;;/q-1;;;;;;-1;;. The smallest absolute Gasteiger partial charge is 0.167 e. The van der Waals surface area contributed by atoms with E-state index in [0.717, 1.165) is 29.8 Å². The zero-order valence-corrected chi connectivity index (χ0v) is 28.2. The average Bonchev–Trinajstić information content (AvgIpc) is 3.60. The van der Waals surface area contributed by atoms with Crippen LogP contribution in [0.3, 0.4) is 0 Å². The van der Waals surface area contributed by atoms with Crippen molar-refractivity contribution in [3.8, 4) is 16.9 Å². The van der Waals surface area contributed by atoms with Crippen molar-refractivity contribution in [2.24, 2.45) is 0 Å². The molecule has 4 rings (SSSR count). The van der Waals surface area contributed by atoms with Crippen LogP contribution in [0, 0.1) is 13.5 Å². The summed E-state index contributed by atoms with van der Waals surface area (Å²) in [6, 6.07) is 23.3. The van der Waals surface area contributed by atoms with Gasteiger partial charge in [0, 0.05) is 63.0 Å². The molecule has 206 valence electrons. The third kappa shape index (κ3) is 15.1. The summed E-state index contributed by atoms with van der Waals surface area (Å²) in [5, 5.41) is 7.64. The van der Waals surface area contributed by atoms with Gasteiger partial charge in [-0.2, -0.15) is 5.10 Å². The van der Waals surface area contributed by atoms with Crippen LogP contribution >= 0.6 is 0 Å². The van der Waals surface area contributed by atoms with E-state index >= 15 is 0 Å². The third-order valence-corrected chi connectivity index (χ3v) is 4.60. The van der Waals surface area contributed by atoms with Gasteiger partial charge in [0.2, 0.25) is 0 Å². The van der Waals surface area contributed by atoms with Gasteiger partial charge in [-0.15, -0.1) is 18.2 Å². The molecule has 4 nitrogen and oxygen atoms in total. The van der Waals surface area contributed by atoms with Gasteiger partial charge in [0.25, 0.3) is 0 Å². The van der Waals surface area contributed by atoms with Crippen LogP contribution in [0.15, 0.2) is 60.7 Å². The van der Waals surface area contributed by atoms with E-state index in [2.05, 4.69) is 16.5 Å². The Kier molecular flexibility index (Phi) is 36.3. The number of aromatic nitrogens is 2. The molecule has 0 atom stereocenters. The molecule has 1 amide bonds. The van der Waals surface area contributed by atoms with E-state index in [4.69, 9.17) is 0 Å². The van der Waals surface area contributed by atoms with E-state index in [1.165, 1.54) is 12.8 Å². The number of nitrogens with one attached hydrogen (secondary N) is 1. The first-order chi connectivity index (χ1) is 16.3. The molecule has 0 bridgehead atoms. The molecule has 1 saturated carbocycles. The number of amides is 1. The first kappa shape index (κ1) is 45.7. The molecule has 0 saturated heterocycles. The number of carbonyl (C=O) groups is 1. The summed E-state index contributed by atoms with van der Waals surface area (Å²) in [6.07, 6.45) is 4.47. The van der Waals surface area contributed by atoms with Crippen LogP contribution < -0.4 is 5.32 Å². The van der Waals surface area contributed by atoms with Gasteiger partial charge in [0.15, 0.2) is 5.91 Å². The van der Waals surface area contributed by atoms with Crippen molar-refractivity contribution in [2.75, 3.05) is 0 Å². The maximum atomic E-state index is 12.6.